The molecule has 0 aliphatic carbocycles. The van der Waals surface area contributed by atoms with Crippen molar-refractivity contribution >= 4 is 52.4 Å². The van der Waals surface area contributed by atoms with Crippen molar-refractivity contribution in [1.29, 1.82) is 0 Å². The third kappa shape index (κ3) is 4.74. The van der Waals surface area contributed by atoms with Gasteiger partial charge in [0.2, 0.25) is 9.70 Å². The summed E-state index contributed by atoms with van der Waals surface area (Å²) in [6.45, 7) is 1.29. The zero-order valence-corrected chi connectivity index (χ0v) is 13.0. The average molecular weight is 340 g/mol. The first kappa shape index (κ1) is 16.9. The van der Waals surface area contributed by atoms with Crippen molar-refractivity contribution in [2.75, 3.05) is 12.4 Å². The summed E-state index contributed by atoms with van der Waals surface area (Å²) in [6.07, 6.45) is -1.00. The van der Waals surface area contributed by atoms with Crippen LogP contribution in [-0.4, -0.2) is 28.9 Å². The molecule has 0 aliphatic heterocycles. The highest BCUT2D eigenvalue weighted by molar-refractivity contribution is 6.68. The fourth-order valence-electron chi connectivity index (χ4n) is 1.46. The maximum atomic E-state index is 11.6. The van der Waals surface area contributed by atoms with Crippen LogP contribution >= 0.6 is 34.8 Å². The predicted octanol–water partition coefficient (Wildman–Crippen LogP) is 2.72. The van der Waals surface area contributed by atoms with Gasteiger partial charge in [-0.3, -0.25) is 4.79 Å². The number of anilines is 1. The molecular weight excluding hydrogens is 327 g/mol. The lowest BCUT2D eigenvalue weighted by Gasteiger charge is -2.27. The Bertz CT molecular complexity index is 503. The quantitative estimate of drug-likeness (QED) is 0.503. The van der Waals surface area contributed by atoms with Gasteiger partial charge >= 0.3 is 5.97 Å². The molecule has 0 radical (unpaired) electrons. The molecule has 0 aliphatic rings. The number of hydrogen-bond acceptors (Lipinski definition) is 4. The Balaban J connectivity index is 3.05. The van der Waals surface area contributed by atoms with Crippen LogP contribution in [0.1, 0.15) is 17.3 Å². The molecule has 0 saturated heterocycles. The summed E-state index contributed by atoms with van der Waals surface area (Å²) in [7, 11) is 1.26. The molecule has 1 aromatic rings. The number of amides is 1. The van der Waals surface area contributed by atoms with Gasteiger partial charge in [-0.1, -0.05) is 46.9 Å². The van der Waals surface area contributed by atoms with Crippen LogP contribution < -0.4 is 10.6 Å². The lowest BCUT2D eigenvalue weighted by Crippen LogP contribution is -2.48. The molecule has 1 aromatic carbocycles. The van der Waals surface area contributed by atoms with E-state index in [2.05, 4.69) is 15.4 Å². The van der Waals surface area contributed by atoms with E-state index in [0.717, 1.165) is 0 Å². The SMILES string of the molecule is COC(=O)c1ccccc1N[C@H](NC(C)=O)C(Cl)(Cl)Cl. The van der Waals surface area contributed by atoms with E-state index in [4.69, 9.17) is 34.8 Å². The van der Waals surface area contributed by atoms with E-state index in [-0.39, 0.29) is 11.5 Å². The zero-order valence-electron chi connectivity index (χ0n) is 10.7. The number of para-hydroxylation sites is 1. The number of carbonyl (C=O) groups excluding carboxylic acids is 2. The molecule has 1 atom stereocenters. The topological polar surface area (TPSA) is 67.4 Å². The van der Waals surface area contributed by atoms with E-state index in [9.17, 15) is 9.59 Å². The molecule has 0 bridgehead atoms. The second-order valence-electron chi connectivity index (χ2n) is 3.86. The minimum Gasteiger partial charge on any atom is -0.465 e. The lowest BCUT2D eigenvalue weighted by atomic mass is 10.1. The monoisotopic (exact) mass is 338 g/mol. The number of ether oxygens (including phenoxy) is 1. The summed E-state index contributed by atoms with van der Waals surface area (Å²) in [4.78, 5) is 22.8. The van der Waals surface area contributed by atoms with Gasteiger partial charge in [0, 0.05) is 6.92 Å². The first-order chi connectivity index (χ1) is 9.25. The molecule has 0 spiro atoms. The third-order valence-electron chi connectivity index (χ3n) is 2.31. The Labute approximate surface area is 131 Å². The Morgan fingerprint density at radius 1 is 1.25 bits per heavy atom. The smallest absolute Gasteiger partial charge is 0.339 e. The van der Waals surface area contributed by atoms with Gasteiger partial charge in [0.15, 0.2) is 0 Å². The fraction of sp³-hybridized carbons (Fsp3) is 0.333. The number of methoxy groups -OCH3 is 1. The van der Waals surface area contributed by atoms with E-state index >= 15 is 0 Å². The number of nitrogens with one attached hydrogen (secondary N) is 2. The van der Waals surface area contributed by atoms with Gasteiger partial charge in [0.05, 0.1) is 18.4 Å². The molecule has 1 amide bonds. The summed E-state index contributed by atoms with van der Waals surface area (Å²) >= 11 is 17.4. The molecule has 20 heavy (non-hydrogen) atoms. The van der Waals surface area contributed by atoms with Gasteiger partial charge in [-0.2, -0.15) is 0 Å². The van der Waals surface area contributed by atoms with E-state index in [1.807, 2.05) is 0 Å². The first-order valence-corrected chi connectivity index (χ1v) is 6.66. The normalized spacial score (nSPS) is 12.4. The van der Waals surface area contributed by atoms with Crippen LogP contribution in [0, 0.1) is 0 Å². The maximum absolute atomic E-state index is 11.6. The number of hydrogen-bond donors (Lipinski definition) is 2. The lowest BCUT2D eigenvalue weighted by molar-refractivity contribution is -0.119. The zero-order chi connectivity index (χ0) is 15.3. The van der Waals surface area contributed by atoms with Gasteiger partial charge in [-0.05, 0) is 12.1 Å². The van der Waals surface area contributed by atoms with Gasteiger partial charge in [0.1, 0.15) is 6.17 Å². The summed E-state index contributed by atoms with van der Waals surface area (Å²) in [5.74, 6) is -0.927. The molecule has 8 heteroatoms. The predicted molar refractivity (Wildman–Crippen MR) is 79.3 cm³/mol. The highest BCUT2D eigenvalue weighted by Crippen LogP contribution is 2.31. The van der Waals surface area contributed by atoms with Crippen molar-refractivity contribution in [3.63, 3.8) is 0 Å². The van der Waals surface area contributed by atoms with Gasteiger partial charge in [0.25, 0.3) is 0 Å². The van der Waals surface area contributed by atoms with Crippen LogP contribution in [-0.2, 0) is 9.53 Å². The van der Waals surface area contributed by atoms with Crippen molar-refractivity contribution in [3.8, 4) is 0 Å². The number of carbonyl (C=O) groups is 2. The molecular formula is C12H13Cl3N2O3. The second kappa shape index (κ2) is 7.02. The average Bonchev–Trinajstić information content (AvgIpc) is 2.36. The van der Waals surface area contributed by atoms with Crippen LogP contribution in [0.5, 0.6) is 0 Å². The summed E-state index contributed by atoms with van der Waals surface area (Å²) in [5, 5.41) is 5.26. The summed E-state index contributed by atoms with van der Waals surface area (Å²) in [6, 6.07) is 6.52. The summed E-state index contributed by atoms with van der Waals surface area (Å²) < 4.78 is 2.86. The standard InChI is InChI=1S/C12H13Cl3N2O3/c1-7(18)16-11(12(13,14)15)17-9-6-4-3-5-8(9)10(19)20-2/h3-6,11,17H,1-2H3,(H,16,18)/t11-/m0/s1. The van der Waals surface area contributed by atoms with Crippen LogP contribution in [0.2, 0.25) is 0 Å². The largest absolute Gasteiger partial charge is 0.465 e. The van der Waals surface area contributed by atoms with Crippen molar-refractivity contribution < 1.29 is 14.3 Å². The number of halogens is 3. The third-order valence-corrected chi connectivity index (χ3v) is 2.96. The van der Waals surface area contributed by atoms with Crippen LogP contribution in [0.25, 0.3) is 0 Å². The Kier molecular flexibility index (Phi) is 5.92. The van der Waals surface area contributed by atoms with Crippen molar-refractivity contribution in [1.82, 2.24) is 5.32 Å². The van der Waals surface area contributed by atoms with Crippen molar-refractivity contribution in [3.05, 3.63) is 29.8 Å². The first-order valence-electron chi connectivity index (χ1n) is 5.53. The Hall–Kier alpha value is -1.17. The minimum absolute atomic E-state index is 0.264. The number of esters is 1. The molecule has 5 nitrogen and oxygen atoms in total. The van der Waals surface area contributed by atoms with Crippen molar-refractivity contribution in [2.45, 2.75) is 16.9 Å². The highest BCUT2D eigenvalue weighted by atomic mass is 35.6. The molecule has 0 fully saturated rings. The van der Waals surface area contributed by atoms with Gasteiger partial charge < -0.3 is 15.4 Å². The molecule has 0 saturated carbocycles. The van der Waals surface area contributed by atoms with Crippen molar-refractivity contribution in [2.24, 2.45) is 0 Å². The fourth-order valence-corrected chi connectivity index (χ4v) is 1.78. The Morgan fingerprint density at radius 3 is 2.35 bits per heavy atom. The minimum atomic E-state index is -1.80. The molecule has 110 valence electrons. The summed E-state index contributed by atoms with van der Waals surface area (Å²) in [5.41, 5.74) is 0.643. The van der Waals surface area contributed by atoms with Gasteiger partial charge in [-0.15, -0.1) is 0 Å². The molecule has 1 rings (SSSR count). The van der Waals surface area contributed by atoms with E-state index < -0.39 is 15.9 Å². The van der Waals surface area contributed by atoms with E-state index in [1.54, 1.807) is 24.3 Å². The molecule has 0 aromatic heterocycles. The Morgan fingerprint density at radius 2 is 1.85 bits per heavy atom. The molecule has 0 unspecified atom stereocenters. The van der Waals surface area contributed by atoms with Crippen LogP contribution in [0.3, 0.4) is 0 Å². The number of alkyl halides is 3. The van der Waals surface area contributed by atoms with Gasteiger partial charge in [-0.25, -0.2) is 4.79 Å². The van der Waals surface area contributed by atoms with E-state index in [1.165, 1.54) is 14.0 Å². The molecule has 2 N–H and O–H groups in total. The molecule has 0 heterocycles. The number of rotatable bonds is 4. The highest BCUT2D eigenvalue weighted by Gasteiger charge is 2.34. The van der Waals surface area contributed by atoms with E-state index in [0.29, 0.717) is 5.69 Å². The number of benzene rings is 1. The second-order valence-corrected chi connectivity index (χ2v) is 6.23. The van der Waals surface area contributed by atoms with Crippen LogP contribution in [0.15, 0.2) is 24.3 Å². The maximum Gasteiger partial charge on any atom is 0.339 e. The van der Waals surface area contributed by atoms with Crippen LogP contribution in [0.4, 0.5) is 5.69 Å².